The van der Waals surface area contributed by atoms with Crippen LogP contribution in [0, 0.1) is 0 Å². The van der Waals surface area contributed by atoms with E-state index >= 15 is 0 Å². The van der Waals surface area contributed by atoms with Crippen LogP contribution in [0.3, 0.4) is 0 Å². The first-order valence-electron chi connectivity index (χ1n) is 3.77. The van der Waals surface area contributed by atoms with Crippen LogP contribution in [0.1, 0.15) is 19.3 Å². The third kappa shape index (κ3) is 1.15. The van der Waals surface area contributed by atoms with Gasteiger partial charge < -0.3 is 5.32 Å². The van der Waals surface area contributed by atoms with Crippen molar-refractivity contribution in [2.75, 3.05) is 6.54 Å². The molecule has 0 saturated carbocycles. The molecule has 2 nitrogen and oxygen atoms in total. The Morgan fingerprint density at radius 2 is 2.20 bits per heavy atom. The fourth-order valence-corrected chi connectivity index (χ4v) is 3.10. The van der Waals surface area contributed by atoms with E-state index < -0.39 is 0 Å². The maximum atomic E-state index is 10.9. The van der Waals surface area contributed by atoms with E-state index in [1.807, 2.05) is 11.8 Å². The maximum absolute atomic E-state index is 10.9. The molecular weight excluding hydrogens is 146 g/mol. The van der Waals surface area contributed by atoms with Crippen molar-refractivity contribution < 1.29 is 4.79 Å². The normalized spacial score (nSPS) is 39.0. The van der Waals surface area contributed by atoms with Crippen LogP contribution >= 0.6 is 11.8 Å². The molecule has 1 amide bonds. The van der Waals surface area contributed by atoms with Crippen molar-refractivity contribution in [2.45, 2.75) is 29.8 Å². The van der Waals surface area contributed by atoms with E-state index in [-0.39, 0.29) is 5.91 Å². The van der Waals surface area contributed by atoms with Crippen molar-refractivity contribution in [2.24, 2.45) is 0 Å². The van der Waals surface area contributed by atoms with E-state index in [2.05, 4.69) is 5.32 Å². The highest BCUT2D eigenvalue weighted by atomic mass is 32.2. The molecule has 1 N–H and O–H groups in total. The van der Waals surface area contributed by atoms with E-state index in [9.17, 15) is 4.79 Å². The SMILES string of the molecule is O=C1C[C@@H]2CC[C@@H](CN1)S2. The molecule has 2 atom stereocenters. The summed E-state index contributed by atoms with van der Waals surface area (Å²) in [7, 11) is 0. The first kappa shape index (κ1) is 6.53. The standard InChI is InChI=1S/C7H11NOS/c9-7-3-5-1-2-6(10-5)4-8-7/h5-6H,1-4H2,(H,8,9)/t5-,6-/m0/s1. The van der Waals surface area contributed by atoms with E-state index in [1.54, 1.807) is 0 Å². The Labute approximate surface area is 64.8 Å². The molecule has 2 rings (SSSR count). The van der Waals surface area contributed by atoms with Crippen LogP contribution in [0.4, 0.5) is 0 Å². The van der Waals surface area contributed by atoms with Gasteiger partial charge in [-0.1, -0.05) is 0 Å². The Kier molecular flexibility index (Phi) is 1.60. The first-order valence-corrected chi connectivity index (χ1v) is 4.71. The number of amides is 1. The number of nitrogens with one attached hydrogen (secondary N) is 1. The zero-order chi connectivity index (χ0) is 6.97. The Morgan fingerprint density at radius 3 is 3.10 bits per heavy atom. The van der Waals surface area contributed by atoms with Gasteiger partial charge in [-0.2, -0.15) is 11.8 Å². The van der Waals surface area contributed by atoms with Gasteiger partial charge >= 0.3 is 0 Å². The average molecular weight is 157 g/mol. The van der Waals surface area contributed by atoms with Crippen LogP contribution in [-0.2, 0) is 4.79 Å². The largest absolute Gasteiger partial charge is 0.355 e. The molecule has 0 aromatic heterocycles. The molecule has 10 heavy (non-hydrogen) atoms. The summed E-state index contributed by atoms with van der Waals surface area (Å²) in [4.78, 5) is 10.9. The molecule has 2 aliphatic rings. The maximum Gasteiger partial charge on any atom is 0.221 e. The van der Waals surface area contributed by atoms with E-state index in [0.29, 0.717) is 5.25 Å². The molecule has 2 aliphatic heterocycles. The number of hydrogen-bond donors (Lipinski definition) is 1. The summed E-state index contributed by atoms with van der Waals surface area (Å²) in [6.07, 6.45) is 3.31. The van der Waals surface area contributed by atoms with E-state index in [0.717, 1.165) is 18.2 Å². The lowest BCUT2D eigenvalue weighted by Crippen LogP contribution is -2.29. The fraction of sp³-hybridized carbons (Fsp3) is 0.857. The Hall–Kier alpha value is -0.180. The Bertz CT molecular complexity index is 160. The summed E-state index contributed by atoms with van der Waals surface area (Å²) in [6.45, 7) is 0.903. The summed E-state index contributed by atoms with van der Waals surface area (Å²) < 4.78 is 0. The molecule has 0 aromatic rings. The van der Waals surface area contributed by atoms with Crippen LogP contribution in [0.15, 0.2) is 0 Å². The highest BCUT2D eigenvalue weighted by molar-refractivity contribution is 8.00. The summed E-state index contributed by atoms with van der Waals surface area (Å²) >= 11 is 1.99. The number of hydrogen-bond acceptors (Lipinski definition) is 2. The minimum atomic E-state index is 0.250. The summed E-state index contributed by atoms with van der Waals surface area (Å²) in [5.41, 5.74) is 0. The van der Waals surface area contributed by atoms with Crippen LogP contribution in [0.25, 0.3) is 0 Å². The van der Waals surface area contributed by atoms with Gasteiger partial charge in [0.2, 0.25) is 5.91 Å². The summed E-state index contributed by atoms with van der Waals surface area (Å²) in [5, 5.41) is 4.27. The summed E-state index contributed by atoms with van der Waals surface area (Å²) in [6, 6.07) is 0. The highest BCUT2D eigenvalue weighted by Crippen LogP contribution is 2.36. The number of thioether (sulfide) groups is 1. The number of carbonyl (C=O) groups is 1. The molecule has 0 aromatic carbocycles. The molecule has 0 aliphatic carbocycles. The van der Waals surface area contributed by atoms with Crippen LogP contribution in [0.2, 0.25) is 0 Å². The number of rotatable bonds is 0. The van der Waals surface area contributed by atoms with Crippen molar-refractivity contribution in [3.05, 3.63) is 0 Å². The number of carbonyl (C=O) groups excluding carboxylic acids is 1. The van der Waals surface area contributed by atoms with Crippen LogP contribution in [0.5, 0.6) is 0 Å². The number of fused-ring (bicyclic) bond motifs is 2. The van der Waals surface area contributed by atoms with Gasteiger partial charge in [0.25, 0.3) is 0 Å². The first-order chi connectivity index (χ1) is 4.84. The molecule has 2 heterocycles. The lowest BCUT2D eigenvalue weighted by molar-refractivity contribution is -0.121. The molecule has 0 unspecified atom stereocenters. The lowest BCUT2D eigenvalue weighted by Gasteiger charge is -2.06. The van der Waals surface area contributed by atoms with Gasteiger partial charge in [-0.25, -0.2) is 0 Å². The third-order valence-electron chi connectivity index (χ3n) is 2.14. The van der Waals surface area contributed by atoms with Gasteiger partial charge in [-0.15, -0.1) is 0 Å². The second-order valence-corrected chi connectivity index (χ2v) is 4.57. The quantitative estimate of drug-likeness (QED) is 0.562. The predicted octanol–water partition coefficient (Wildman–Crippen LogP) is 0.771. The molecule has 2 bridgehead atoms. The second kappa shape index (κ2) is 2.46. The molecule has 2 fully saturated rings. The van der Waals surface area contributed by atoms with Gasteiger partial charge in [0.1, 0.15) is 0 Å². The molecular formula is C7H11NOS. The predicted molar refractivity (Wildman–Crippen MR) is 42.0 cm³/mol. The molecule has 0 spiro atoms. The summed E-state index contributed by atoms with van der Waals surface area (Å²) in [5.74, 6) is 0.250. The topological polar surface area (TPSA) is 29.1 Å². The van der Waals surface area contributed by atoms with Gasteiger partial charge in [-0.3, -0.25) is 4.79 Å². The smallest absolute Gasteiger partial charge is 0.221 e. The van der Waals surface area contributed by atoms with Crippen molar-refractivity contribution in [3.63, 3.8) is 0 Å². The monoisotopic (exact) mass is 157 g/mol. The lowest BCUT2D eigenvalue weighted by atomic mass is 10.1. The fourth-order valence-electron chi connectivity index (χ4n) is 1.59. The van der Waals surface area contributed by atoms with E-state index in [4.69, 9.17) is 0 Å². The Morgan fingerprint density at radius 1 is 1.40 bits per heavy atom. The minimum absolute atomic E-state index is 0.250. The third-order valence-corrected chi connectivity index (χ3v) is 3.71. The highest BCUT2D eigenvalue weighted by Gasteiger charge is 2.30. The molecule has 0 radical (unpaired) electrons. The van der Waals surface area contributed by atoms with Crippen molar-refractivity contribution >= 4 is 17.7 Å². The van der Waals surface area contributed by atoms with Gasteiger partial charge in [0.15, 0.2) is 0 Å². The molecule has 2 saturated heterocycles. The van der Waals surface area contributed by atoms with E-state index in [1.165, 1.54) is 12.8 Å². The van der Waals surface area contributed by atoms with Crippen molar-refractivity contribution in [3.8, 4) is 0 Å². The zero-order valence-corrected chi connectivity index (χ0v) is 6.62. The van der Waals surface area contributed by atoms with Crippen LogP contribution < -0.4 is 5.32 Å². The van der Waals surface area contributed by atoms with Gasteiger partial charge in [0.05, 0.1) is 0 Å². The van der Waals surface area contributed by atoms with Crippen molar-refractivity contribution in [1.82, 2.24) is 5.32 Å². The minimum Gasteiger partial charge on any atom is -0.355 e. The zero-order valence-electron chi connectivity index (χ0n) is 5.80. The average Bonchev–Trinajstić information content (AvgIpc) is 2.22. The molecule has 3 heteroatoms. The van der Waals surface area contributed by atoms with Crippen LogP contribution in [-0.4, -0.2) is 23.0 Å². The van der Waals surface area contributed by atoms with Gasteiger partial charge in [-0.05, 0) is 12.8 Å². The Balaban J connectivity index is 2.05. The molecule has 56 valence electrons. The second-order valence-electron chi connectivity index (χ2n) is 2.97. The van der Waals surface area contributed by atoms with Crippen molar-refractivity contribution in [1.29, 1.82) is 0 Å². The van der Waals surface area contributed by atoms with Gasteiger partial charge in [0, 0.05) is 23.5 Å².